The summed E-state index contributed by atoms with van der Waals surface area (Å²) in [6, 6.07) is 3.69. The van der Waals surface area contributed by atoms with E-state index >= 15 is 0 Å². The lowest BCUT2D eigenvalue weighted by molar-refractivity contribution is 0.164. The molecule has 0 aromatic carbocycles. The number of amides is 1. The van der Waals surface area contributed by atoms with Crippen LogP contribution in [0.5, 0.6) is 0 Å². The van der Waals surface area contributed by atoms with Crippen molar-refractivity contribution < 1.29 is 9.53 Å². The van der Waals surface area contributed by atoms with Crippen molar-refractivity contribution in [3.8, 4) is 6.07 Å². The van der Waals surface area contributed by atoms with Gasteiger partial charge in [0.2, 0.25) is 3.79 Å². The second-order valence-corrected chi connectivity index (χ2v) is 8.11. The number of aromatic nitrogens is 1. The van der Waals surface area contributed by atoms with Crippen molar-refractivity contribution in [2.45, 2.75) is 43.3 Å². The van der Waals surface area contributed by atoms with Crippen LogP contribution in [-0.2, 0) is 4.74 Å². The summed E-state index contributed by atoms with van der Waals surface area (Å²) in [5, 5.41) is 11.8. The van der Waals surface area contributed by atoms with Gasteiger partial charge in [0.1, 0.15) is 18.4 Å². The van der Waals surface area contributed by atoms with Crippen LogP contribution in [0.15, 0.2) is 6.07 Å². The summed E-state index contributed by atoms with van der Waals surface area (Å²) < 4.78 is 3.22. The minimum absolute atomic E-state index is 0.00396. The number of pyridine rings is 1. The van der Waals surface area contributed by atoms with E-state index in [4.69, 9.17) is 44.8 Å². The van der Waals surface area contributed by atoms with Gasteiger partial charge in [0.15, 0.2) is 0 Å². The fourth-order valence-electron chi connectivity index (χ4n) is 1.94. The molecule has 0 radical (unpaired) electrons. The van der Waals surface area contributed by atoms with Gasteiger partial charge in [0.25, 0.3) is 0 Å². The highest BCUT2D eigenvalue weighted by Gasteiger charge is 2.24. The number of ether oxygens (including phenoxy) is 1. The quantitative estimate of drug-likeness (QED) is 0.738. The lowest BCUT2D eigenvalue weighted by Gasteiger charge is -2.20. The molecular formula is C15H18Cl3N3O2. The fraction of sp³-hybridized carbons (Fsp3) is 0.533. The highest BCUT2D eigenvalue weighted by Crippen LogP contribution is 2.32. The monoisotopic (exact) mass is 377 g/mol. The van der Waals surface area contributed by atoms with Gasteiger partial charge >= 0.3 is 6.09 Å². The number of rotatable bonds is 4. The van der Waals surface area contributed by atoms with Gasteiger partial charge in [-0.25, -0.2) is 9.78 Å². The maximum atomic E-state index is 12.0. The zero-order valence-corrected chi connectivity index (χ0v) is 15.6. The number of nitriles is 1. The Morgan fingerprint density at radius 2 is 1.96 bits per heavy atom. The number of nitrogens with one attached hydrogen (secondary N) is 1. The molecule has 23 heavy (non-hydrogen) atoms. The van der Waals surface area contributed by atoms with Crippen LogP contribution in [0, 0.1) is 11.3 Å². The first-order chi connectivity index (χ1) is 10.5. The maximum absolute atomic E-state index is 12.0. The first-order valence-electron chi connectivity index (χ1n) is 7.00. The van der Waals surface area contributed by atoms with E-state index in [0.717, 1.165) is 5.56 Å². The van der Waals surface area contributed by atoms with Gasteiger partial charge in [-0.1, -0.05) is 62.5 Å². The second-order valence-electron chi connectivity index (χ2n) is 5.59. The largest absolute Gasteiger partial charge is 0.445 e. The Morgan fingerprint density at radius 3 is 2.39 bits per heavy atom. The van der Waals surface area contributed by atoms with E-state index < -0.39 is 9.89 Å². The normalized spacial score (nSPS) is 11.5. The van der Waals surface area contributed by atoms with Gasteiger partial charge in [-0.2, -0.15) is 5.26 Å². The van der Waals surface area contributed by atoms with Gasteiger partial charge in [0, 0.05) is 0 Å². The number of carbonyl (C=O) groups is 1. The average Bonchev–Trinajstić information content (AvgIpc) is 2.43. The van der Waals surface area contributed by atoms with Crippen molar-refractivity contribution in [2.75, 3.05) is 11.9 Å². The Morgan fingerprint density at radius 1 is 1.35 bits per heavy atom. The third-order valence-electron chi connectivity index (χ3n) is 2.96. The zero-order chi connectivity index (χ0) is 17.8. The van der Waals surface area contributed by atoms with Crippen LogP contribution in [0.3, 0.4) is 0 Å². The number of halogens is 3. The minimum Gasteiger partial charge on any atom is -0.445 e. The molecule has 0 aliphatic heterocycles. The van der Waals surface area contributed by atoms with E-state index in [-0.39, 0.29) is 18.4 Å². The number of carbonyl (C=O) groups excluding carboxylic acids is 1. The first kappa shape index (κ1) is 19.8. The standard InChI is InChI=1S/C15H18Cl3N3O2/c1-8(2)11-5-10(6-19)20-12(9(3)4)13(11)21-14(22)23-7-15(16,17)18/h5,8-9H,7H2,1-4H3,(H,21,22). The highest BCUT2D eigenvalue weighted by molar-refractivity contribution is 6.67. The van der Waals surface area contributed by atoms with Crippen LogP contribution in [0.1, 0.15) is 56.5 Å². The molecule has 8 heteroatoms. The predicted octanol–water partition coefficient (Wildman–Crippen LogP) is 5.12. The first-order valence-corrected chi connectivity index (χ1v) is 8.14. The summed E-state index contributed by atoms with van der Waals surface area (Å²) in [4.78, 5) is 16.2. The molecule has 0 saturated carbocycles. The minimum atomic E-state index is -1.68. The summed E-state index contributed by atoms with van der Waals surface area (Å²) in [7, 11) is 0. The predicted molar refractivity (Wildman–Crippen MR) is 92.4 cm³/mol. The lowest BCUT2D eigenvalue weighted by Crippen LogP contribution is -2.23. The molecular weight excluding hydrogens is 361 g/mol. The van der Waals surface area contributed by atoms with E-state index in [0.29, 0.717) is 17.1 Å². The summed E-state index contributed by atoms with van der Waals surface area (Å²) in [6.45, 7) is 7.38. The molecule has 1 N–H and O–H groups in total. The summed E-state index contributed by atoms with van der Waals surface area (Å²) >= 11 is 16.7. The third kappa shape index (κ3) is 6.06. The average molecular weight is 379 g/mol. The van der Waals surface area contributed by atoms with Crippen LogP contribution in [0.4, 0.5) is 10.5 Å². The molecule has 1 amide bonds. The Labute approximate surface area is 150 Å². The summed E-state index contributed by atoms with van der Waals surface area (Å²) in [5.74, 6) is 0.0790. The van der Waals surface area contributed by atoms with Gasteiger partial charge in [-0.15, -0.1) is 0 Å². The smallest absolute Gasteiger partial charge is 0.411 e. The lowest BCUT2D eigenvalue weighted by atomic mass is 9.96. The SMILES string of the molecule is CC(C)c1cc(C#N)nc(C(C)C)c1NC(=O)OCC(Cl)(Cl)Cl. The molecule has 1 heterocycles. The number of nitrogens with zero attached hydrogens (tertiary/aromatic N) is 2. The Kier molecular flexibility index (Phi) is 6.94. The van der Waals surface area contributed by atoms with Crippen LogP contribution in [0.2, 0.25) is 0 Å². The molecule has 1 aromatic rings. The van der Waals surface area contributed by atoms with Gasteiger partial charge in [-0.05, 0) is 23.5 Å². The molecule has 0 unspecified atom stereocenters. The van der Waals surface area contributed by atoms with Crippen LogP contribution < -0.4 is 5.32 Å². The van der Waals surface area contributed by atoms with E-state index in [9.17, 15) is 4.79 Å². The van der Waals surface area contributed by atoms with Crippen molar-refractivity contribution in [3.05, 3.63) is 23.0 Å². The summed E-state index contributed by atoms with van der Waals surface area (Å²) in [5.41, 5.74) is 2.24. The summed E-state index contributed by atoms with van der Waals surface area (Å²) in [6.07, 6.45) is -0.744. The Bertz CT molecular complexity index is 590. The van der Waals surface area contributed by atoms with Crippen molar-refractivity contribution >= 4 is 46.6 Å². The van der Waals surface area contributed by atoms with Gasteiger partial charge in [-0.3, -0.25) is 5.32 Å². The molecule has 1 aromatic heterocycles. The van der Waals surface area contributed by atoms with Crippen molar-refractivity contribution in [2.24, 2.45) is 0 Å². The van der Waals surface area contributed by atoms with Crippen molar-refractivity contribution in [3.63, 3.8) is 0 Å². The molecule has 0 fully saturated rings. The molecule has 0 spiro atoms. The number of hydrogen-bond donors (Lipinski definition) is 1. The van der Waals surface area contributed by atoms with E-state index in [1.807, 2.05) is 33.8 Å². The second kappa shape index (κ2) is 8.05. The number of anilines is 1. The molecule has 0 atom stereocenters. The van der Waals surface area contributed by atoms with Crippen LogP contribution in [0.25, 0.3) is 0 Å². The molecule has 5 nitrogen and oxygen atoms in total. The molecule has 126 valence electrons. The topological polar surface area (TPSA) is 75.0 Å². The van der Waals surface area contributed by atoms with Gasteiger partial charge < -0.3 is 4.74 Å². The molecule has 0 aliphatic rings. The maximum Gasteiger partial charge on any atom is 0.411 e. The van der Waals surface area contributed by atoms with Crippen molar-refractivity contribution in [1.29, 1.82) is 5.26 Å². The Balaban J connectivity index is 3.17. The number of alkyl halides is 3. The Hall–Kier alpha value is -1.22. The molecule has 0 aliphatic carbocycles. The highest BCUT2D eigenvalue weighted by atomic mass is 35.6. The van der Waals surface area contributed by atoms with Crippen LogP contribution >= 0.6 is 34.8 Å². The number of hydrogen-bond acceptors (Lipinski definition) is 4. The molecule has 0 saturated heterocycles. The molecule has 0 bridgehead atoms. The third-order valence-corrected chi connectivity index (χ3v) is 3.28. The van der Waals surface area contributed by atoms with E-state index in [1.165, 1.54) is 0 Å². The van der Waals surface area contributed by atoms with Gasteiger partial charge in [0.05, 0.1) is 11.4 Å². The van der Waals surface area contributed by atoms with E-state index in [1.54, 1.807) is 6.07 Å². The molecule has 1 rings (SSSR count). The zero-order valence-electron chi connectivity index (χ0n) is 13.3. The van der Waals surface area contributed by atoms with Crippen molar-refractivity contribution in [1.82, 2.24) is 4.98 Å². The van der Waals surface area contributed by atoms with Crippen LogP contribution in [-0.4, -0.2) is 21.5 Å². The fourth-order valence-corrected chi connectivity index (χ4v) is 2.10. The van der Waals surface area contributed by atoms with E-state index in [2.05, 4.69) is 10.3 Å².